The number of nitrogens with zero attached hydrogens (tertiary/aromatic N) is 4. The first-order chi connectivity index (χ1) is 24.8. The van der Waals surface area contributed by atoms with E-state index in [1.165, 1.54) is 16.7 Å². The van der Waals surface area contributed by atoms with E-state index in [-0.39, 0.29) is 0 Å². The van der Waals surface area contributed by atoms with Crippen molar-refractivity contribution < 1.29 is 4.42 Å². The van der Waals surface area contributed by atoms with Gasteiger partial charge in [-0.05, 0) is 59.4 Å². The summed E-state index contributed by atoms with van der Waals surface area (Å²) in [5.74, 6) is 1.77. The molecule has 0 amide bonds. The van der Waals surface area contributed by atoms with Crippen LogP contribution in [0.25, 0.3) is 89.2 Å². The van der Waals surface area contributed by atoms with Crippen LogP contribution in [0.2, 0.25) is 0 Å². The van der Waals surface area contributed by atoms with Crippen molar-refractivity contribution in [3.63, 3.8) is 0 Å². The minimum Gasteiger partial charge on any atom is -0.456 e. The molecule has 3 aromatic heterocycles. The van der Waals surface area contributed by atoms with E-state index in [1.807, 2.05) is 60.7 Å². The van der Waals surface area contributed by atoms with Crippen molar-refractivity contribution in [2.45, 2.75) is 12.8 Å². The van der Waals surface area contributed by atoms with E-state index in [4.69, 9.17) is 19.4 Å². The molecule has 9 aromatic rings. The van der Waals surface area contributed by atoms with Gasteiger partial charge in [0, 0.05) is 32.7 Å². The standard InChI is InChI=1S/C45H30N4O/c1-3-14-29(15-4-1)32-18-7-8-19-33(32)31-26-27-35-34-20-9-11-23-38(34)49(39(35)28-31)45-47-43(30-16-5-2-6-17-30)46-44(48-45)37-22-13-25-41-42(37)36-21-10-12-24-40(36)50-41/h2-3,5-28H,1,4H2. The lowest BCUT2D eigenvalue weighted by Crippen LogP contribution is -2.06. The predicted molar refractivity (Wildman–Crippen MR) is 204 cm³/mol. The van der Waals surface area contributed by atoms with Crippen LogP contribution in [-0.4, -0.2) is 19.5 Å². The Balaban J connectivity index is 1.25. The van der Waals surface area contributed by atoms with Gasteiger partial charge in [0.15, 0.2) is 11.6 Å². The largest absolute Gasteiger partial charge is 0.456 e. The van der Waals surface area contributed by atoms with Crippen molar-refractivity contribution in [2.24, 2.45) is 0 Å². The minimum atomic E-state index is 0.563. The van der Waals surface area contributed by atoms with Gasteiger partial charge in [-0.25, -0.2) is 4.98 Å². The fourth-order valence-electron chi connectivity index (χ4n) is 7.42. The van der Waals surface area contributed by atoms with Gasteiger partial charge in [-0.1, -0.05) is 133 Å². The number of hydrogen-bond donors (Lipinski definition) is 0. The molecule has 0 bridgehead atoms. The average molecular weight is 643 g/mol. The second-order valence-corrected chi connectivity index (χ2v) is 12.7. The molecule has 5 nitrogen and oxygen atoms in total. The highest BCUT2D eigenvalue weighted by Crippen LogP contribution is 2.39. The quantitative estimate of drug-likeness (QED) is 0.187. The maximum Gasteiger partial charge on any atom is 0.238 e. The summed E-state index contributed by atoms with van der Waals surface area (Å²) in [5, 5.41) is 4.31. The molecule has 0 atom stereocenters. The number of benzene rings is 6. The molecule has 0 spiro atoms. The van der Waals surface area contributed by atoms with Crippen LogP contribution in [0.3, 0.4) is 0 Å². The van der Waals surface area contributed by atoms with Crippen LogP contribution in [0.4, 0.5) is 0 Å². The molecule has 5 heteroatoms. The number of rotatable bonds is 5. The molecule has 0 saturated heterocycles. The van der Waals surface area contributed by atoms with Crippen molar-refractivity contribution in [2.75, 3.05) is 0 Å². The summed E-state index contributed by atoms with van der Waals surface area (Å²) in [6.45, 7) is 0. The van der Waals surface area contributed by atoms with E-state index in [9.17, 15) is 0 Å². The molecule has 0 aliphatic heterocycles. The lowest BCUT2D eigenvalue weighted by atomic mass is 9.91. The Morgan fingerprint density at radius 2 is 1.22 bits per heavy atom. The number of para-hydroxylation sites is 2. The second-order valence-electron chi connectivity index (χ2n) is 12.7. The second kappa shape index (κ2) is 11.5. The summed E-state index contributed by atoms with van der Waals surface area (Å²) in [4.78, 5) is 15.6. The molecular weight excluding hydrogens is 613 g/mol. The van der Waals surface area contributed by atoms with Gasteiger partial charge in [-0.2, -0.15) is 9.97 Å². The van der Waals surface area contributed by atoms with E-state index in [1.54, 1.807) is 0 Å². The average Bonchev–Trinajstić information content (AvgIpc) is 3.74. The Hall–Kier alpha value is -6.59. The maximum atomic E-state index is 6.27. The van der Waals surface area contributed by atoms with Crippen LogP contribution in [0.1, 0.15) is 18.4 Å². The van der Waals surface area contributed by atoms with Gasteiger partial charge < -0.3 is 4.42 Å². The molecular formula is C45H30N4O. The lowest BCUT2D eigenvalue weighted by molar-refractivity contribution is 0.669. The van der Waals surface area contributed by atoms with Crippen molar-refractivity contribution in [3.05, 3.63) is 163 Å². The van der Waals surface area contributed by atoms with Crippen LogP contribution in [-0.2, 0) is 0 Å². The van der Waals surface area contributed by atoms with Crippen LogP contribution in [0, 0.1) is 0 Å². The third kappa shape index (κ3) is 4.59. The third-order valence-corrected chi connectivity index (χ3v) is 9.72. The first kappa shape index (κ1) is 28.4. The van der Waals surface area contributed by atoms with E-state index >= 15 is 0 Å². The van der Waals surface area contributed by atoms with E-state index in [0.717, 1.165) is 73.3 Å². The van der Waals surface area contributed by atoms with E-state index in [0.29, 0.717) is 17.6 Å². The molecule has 1 aliphatic rings. The Bertz CT molecular complexity index is 2820. The van der Waals surface area contributed by atoms with Crippen molar-refractivity contribution >= 4 is 49.3 Å². The fourth-order valence-corrected chi connectivity index (χ4v) is 7.42. The molecule has 50 heavy (non-hydrogen) atoms. The SMILES string of the molecule is C1=CC(c2ccccc2-c2ccc3c4ccccc4n(-c4nc(-c5ccccc5)nc(-c5cccc6oc7ccccc7c56)n4)c3c2)=CCC1. The Labute approximate surface area is 288 Å². The van der Waals surface area contributed by atoms with Crippen molar-refractivity contribution in [3.8, 4) is 39.9 Å². The number of aromatic nitrogens is 4. The molecule has 0 unspecified atom stereocenters. The van der Waals surface area contributed by atoms with Crippen LogP contribution >= 0.6 is 0 Å². The zero-order chi connectivity index (χ0) is 33.0. The molecule has 236 valence electrons. The summed E-state index contributed by atoms with van der Waals surface area (Å²) in [7, 11) is 0. The zero-order valence-corrected chi connectivity index (χ0v) is 27.1. The Kier molecular flexibility index (Phi) is 6.56. The zero-order valence-electron chi connectivity index (χ0n) is 27.1. The van der Waals surface area contributed by atoms with E-state index < -0.39 is 0 Å². The lowest BCUT2D eigenvalue weighted by Gasteiger charge is -2.14. The van der Waals surface area contributed by atoms with Crippen molar-refractivity contribution in [1.82, 2.24) is 19.5 Å². The number of hydrogen-bond acceptors (Lipinski definition) is 4. The van der Waals surface area contributed by atoms with Gasteiger partial charge in [0.05, 0.1) is 11.0 Å². The number of fused-ring (bicyclic) bond motifs is 6. The summed E-state index contributed by atoms with van der Waals surface area (Å²) in [6, 6.07) is 48.3. The molecule has 3 heterocycles. The summed E-state index contributed by atoms with van der Waals surface area (Å²) >= 11 is 0. The Morgan fingerprint density at radius 1 is 0.500 bits per heavy atom. The van der Waals surface area contributed by atoms with Gasteiger partial charge in [-0.15, -0.1) is 0 Å². The van der Waals surface area contributed by atoms with Gasteiger partial charge in [-0.3, -0.25) is 4.57 Å². The summed E-state index contributed by atoms with van der Waals surface area (Å²) < 4.78 is 8.47. The van der Waals surface area contributed by atoms with Gasteiger partial charge >= 0.3 is 0 Å². The van der Waals surface area contributed by atoms with Gasteiger partial charge in [0.2, 0.25) is 5.95 Å². The number of allylic oxidation sites excluding steroid dienone is 4. The van der Waals surface area contributed by atoms with Crippen LogP contribution in [0.5, 0.6) is 0 Å². The van der Waals surface area contributed by atoms with Crippen LogP contribution in [0.15, 0.2) is 162 Å². The first-order valence-electron chi connectivity index (χ1n) is 17.0. The Morgan fingerprint density at radius 3 is 2.10 bits per heavy atom. The molecule has 10 rings (SSSR count). The van der Waals surface area contributed by atoms with Crippen molar-refractivity contribution in [1.29, 1.82) is 0 Å². The smallest absolute Gasteiger partial charge is 0.238 e. The fraction of sp³-hybridized carbons (Fsp3) is 0.0444. The summed E-state index contributed by atoms with van der Waals surface area (Å²) in [5.41, 5.74) is 10.4. The summed E-state index contributed by atoms with van der Waals surface area (Å²) in [6.07, 6.45) is 9.00. The minimum absolute atomic E-state index is 0.563. The predicted octanol–water partition coefficient (Wildman–Crippen LogP) is 11.6. The first-order valence-corrected chi connectivity index (χ1v) is 17.0. The molecule has 1 aliphatic carbocycles. The highest BCUT2D eigenvalue weighted by molar-refractivity contribution is 6.12. The maximum absolute atomic E-state index is 6.27. The number of furan rings is 1. The molecule has 6 aromatic carbocycles. The van der Waals surface area contributed by atoms with Gasteiger partial charge in [0.1, 0.15) is 11.2 Å². The molecule has 0 saturated carbocycles. The highest BCUT2D eigenvalue weighted by Gasteiger charge is 2.21. The third-order valence-electron chi connectivity index (χ3n) is 9.72. The van der Waals surface area contributed by atoms with Crippen LogP contribution < -0.4 is 0 Å². The molecule has 0 N–H and O–H groups in total. The van der Waals surface area contributed by atoms with E-state index in [2.05, 4.69) is 102 Å². The molecule has 0 radical (unpaired) electrons. The monoisotopic (exact) mass is 642 g/mol. The highest BCUT2D eigenvalue weighted by atomic mass is 16.3. The normalized spacial score (nSPS) is 13.1. The topological polar surface area (TPSA) is 56.7 Å². The van der Waals surface area contributed by atoms with Gasteiger partial charge in [0.25, 0.3) is 0 Å². The molecule has 0 fully saturated rings.